The Morgan fingerprint density at radius 1 is 1.41 bits per heavy atom. The Morgan fingerprint density at radius 2 is 2.00 bits per heavy atom. The Hall–Kier alpha value is -0.940. The highest BCUT2D eigenvalue weighted by Crippen LogP contribution is 2.24. The van der Waals surface area contributed by atoms with Crippen LogP contribution in [0.1, 0.15) is 13.8 Å². The maximum Gasteiger partial charge on any atom is 0.154 e. The third-order valence-electron chi connectivity index (χ3n) is 2.72. The monoisotopic (exact) mass is 276 g/mol. The van der Waals surface area contributed by atoms with Crippen molar-refractivity contribution >= 4 is 32.8 Å². The molecule has 0 amide bonds. The first-order valence-electron chi connectivity index (χ1n) is 5.12. The molecule has 1 aromatic rings. The number of nitrogens with two attached hydrogens (primary N) is 1. The molecule has 0 heterocycles. The molecule has 0 aromatic heterocycles. The van der Waals surface area contributed by atoms with E-state index in [4.69, 9.17) is 17.3 Å². The van der Waals surface area contributed by atoms with E-state index >= 15 is 0 Å². The number of nitrogen functional groups attached to an aromatic ring is 1. The number of rotatable bonds is 4. The van der Waals surface area contributed by atoms with Gasteiger partial charge in [0.05, 0.1) is 16.1 Å². The van der Waals surface area contributed by atoms with Gasteiger partial charge in [0.1, 0.15) is 0 Å². The zero-order valence-corrected chi connectivity index (χ0v) is 11.7. The second-order valence-corrected chi connectivity index (χ2v) is 7.70. The number of halogens is 1. The molecule has 0 aliphatic heterocycles. The molecule has 6 heteroatoms. The van der Waals surface area contributed by atoms with Crippen LogP contribution in [0.25, 0.3) is 0 Å². The molecule has 4 nitrogen and oxygen atoms in total. The fourth-order valence-electron chi connectivity index (χ4n) is 1.13. The van der Waals surface area contributed by atoms with E-state index in [1.807, 2.05) is 0 Å². The zero-order valence-electron chi connectivity index (χ0n) is 10.1. The number of sulfone groups is 1. The van der Waals surface area contributed by atoms with E-state index in [-0.39, 0.29) is 6.54 Å². The fraction of sp³-hybridized carbons (Fsp3) is 0.455. The van der Waals surface area contributed by atoms with Gasteiger partial charge in [-0.3, -0.25) is 0 Å². The average Bonchev–Trinajstić information content (AvgIpc) is 2.14. The van der Waals surface area contributed by atoms with Crippen molar-refractivity contribution in [3.63, 3.8) is 0 Å². The quantitative estimate of drug-likeness (QED) is 0.827. The molecule has 0 atom stereocenters. The highest BCUT2D eigenvalue weighted by atomic mass is 35.5. The standard InChI is InChI=1S/C11H17ClN2O2S/c1-11(2,17(3,15)16)7-14-10-5-4-8(12)6-9(10)13/h4-6,14H,7,13H2,1-3H3. The van der Waals surface area contributed by atoms with Crippen molar-refractivity contribution in [2.24, 2.45) is 0 Å². The first-order chi connectivity index (χ1) is 7.63. The van der Waals surface area contributed by atoms with Crippen LogP contribution in [0.2, 0.25) is 5.02 Å². The Balaban J connectivity index is 2.81. The van der Waals surface area contributed by atoms with Crippen LogP contribution < -0.4 is 11.1 Å². The van der Waals surface area contributed by atoms with Gasteiger partial charge in [-0.25, -0.2) is 8.42 Å². The molecule has 0 radical (unpaired) electrons. The molecule has 1 rings (SSSR count). The Labute approximate surface area is 107 Å². The molecule has 96 valence electrons. The summed E-state index contributed by atoms with van der Waals surface area (Å²) < 4.78 is 22.2. The van der Waals surface area contributed by atoms with Gasteiger partial charge in [-0.1, -0.05) is 11.6 Å². The summed E-state index contributed by atoms with van der Waals surface area (Å²) in [7, 11) is -3.12. The normalized spacial score (nSPS) is 12.5. The molecule has 3 N–H and O–H groups in total. The lowest BCUT2D eigenvalue weighted by atomic mass is 10.2. The van der Waals surface area contributed by atoms with Crippen LogP contribution in [0.4, 0.5) is 11.4 Å². The van der Waals surface area contributed by atoms with Crippen LogP contribution in [0.5, 0.6) is 0 Å². The summed E-state index contributed by atoms with van der Waals surface area (Å²) in [4.78, 5) is 0. The van der Waals surface area contributed by atoms with Gasteiger partial charge in [0.2, 0.25) is 0 Å². The number of nitrogens with one attached hydrogen (secondary N) is 1. The van der Waals surface area contributed by atoms with E-state index in [0.717, 1.165) is 0 Å². The van der Waals surface area contributed by atoms with Crippen LogP contribution in [-0.4, -0.2) is 26.0 Å². The predicted octanol–water partition coefficient (Wildman–Crippen LogP) is 2.16. The smallest absolute Gasteiger partial charge is 0.154 e. The van der Waals surface area contributed by atoms with Crippen molar-refractivity contribution in [3.8, 4) is 0 Å². The first kappa shape index (κ1) is 14.1. The molecule has 0 bridgehead atoms. The highest BCUT2D eigenvalue weighted by Gasteiger charge is 2.29. The minimum absolute atomic E-state index is 0.289. The van der Waals surface area contributed by atoms with Gasteiger partial charge in [0.15, 0.2) is 9.84 Å². The van der Waals surface area contributed by atoms with Crippen molar-refractivity contribution < 1.29 is 8.42 Å². The van der Waals surface area contributed by atoms with Crippen LogP contribution in [-0.2, 0) is 9.84 Å². The SMILES string of the molecule is CC(C)(CNc1ccc(Cl)cc1N)S(C)(=O)=O. The van der Waals surface area contributed by atoms with E-state index in [2.05, 4.69) is 5.32 Å². The van der Waals surface area contributed by atoms with Crippen molar-refractivity contribution in [1.29, 1.82) is 0 Å². The third kappa shape index (κ3) is 3.51. The number of benzene rings is 1. The Kier molecular flexibility index (Phi) is 3.94. The minimum atomic E-state index is -3.12. The van der Waals surface area contributed by atoms with Crippen LogP contribution >= 0.6 is 11.6 Å². The van der Waals surface area contributed by atoms with Gasteiger partial charge in [0, 0.05) is 17.8 Å². The highest BCUT2D eigenvalue weighted by molar-refractivity contribution is 7.92. The maximum absolute atomic E-state index is 11.5. The van der Waals surface area contributed by atoms with Crippen molar-refractivity contribution in [1.82, 2.24) is 0 Å². The van der Waals surface area contributed by atoms with Gasteiger partial charge in [-0.15, -0.1) is 0 Å². The van der Waals surface area contributed by atoms with Gasteiger partial charge in [-0.05, 0) is 32.0 Å². The molecule has 17 heavy (non-hydrogen) atoms. The van der Waals surface area contributed by atoms with Gasteiger partial charge in [0.25, 0.3) is 0 Å². The first-order valence-corrected chi connectivity index (χ1v) is 7.39. The van der Waals surface area contributed by atoms with Crippen LogP contribution in [0, 0.1) is 0 Å². The Bertz CT molecular complexity index is 512. The van der Waals surface area contributed by atoms with E-state index in [1.165, 1.54) is 6.26 Å². The molecule has 0 aliphatic carbocycles. The molecule has 0 spiro atoms. The number of hydrogen-bond acceptors (Lipinski definition) is 4. The lowest BCUT2D eigenvalue weighted by molar-refractivity contribution is 0.560. The van der Waals surface area contributed by atoms with Crippen molar-refractivity contribution in [2.75, 3.05) is 23.9 Å². The molecule has 0 aliphatic rings. The summed E-state index contributed by atoms with van der Waals surface area (Å²) in [6.45, 7) is 3.63. The minimum Gasteiger partial charge on any atom is -0.397 e. The molecule has 1 aromatic carbocycles. The van der Waals surface area contributed by atoms with E-state index in [9.17, 15) is 8.42 Å². The van der Waals surface area contributed by atoms with E-state index in [1.54, 1.807) is 32.0 Å². The van der Waals surface area contributed by atoms with Crippen molar-refractivity contribution in [3.05, 3.63) is 23.2 Å². The number of hydrogen-bond donors (Lipinski definition) is 2. The maximum atomic E-state index is 11.5. The van der Waals surface area contributed by atoms with E-state index < -0.39 is 14.6 Å². The van der Waals surface area contributed by atoms with Crippen molar-refractivity contribution in [2.45, 2.75) is 18.6 Å². The van der Waals surface area contributed by atoms with Gasteiger partial charge in [-0.2, -0.15) is 0 Å². The second kappa shape index (κ2) is 4.74. The molecule has 0 fully saturated rings. The topological polar surface area (TPSA) is 72.2 Å². The van der Waals surface area contributed by atoms with Crippen LogP contribution in [0.15, 0.2) is 18.2 Å². The third-order valence-corrected chi connectivity index (χ3v) is 5.11. The lowest BCUT2D eigenvalue weighted by Gasteiger charge is -2.23. The summed E-state index contributed by atoms with van der Waals surface area (Å²) in [5, 5.41) is 3.58. The summed E-state index contributed by atoms with van der Waals surface area (Å²) in [6.07, 6.45) is 1.22. The van der Waals surface area contributed by atoms with Gasteiger partial charge >= 0.3 is 0 Å². The summed E-state index contributed by atoms with van der Waals surface area (Å²) in [5.74, 6) is 0. The summed E-state index contributed by atoms with van der Waals surface area (Å²) in [6, 6.07) is 5.06. The fourth-order valence-corrected chi connectivity index (χ4v) is 1.65. The Morgan fingerprint density at radius 3 is 2.47 bits per heavy atom. The predicted molar refractivity (Wildman–Crippen MR) is 73.3 cm³/mol. The van der Waals surface area contributed by atoms with E-state index in [0.29, 0.717) is 16.4 Å². The number of anilines is 2. The molecular weight excluding hydrogens is 260 g/mol. The average molecular weight is 277 g/mol. The second-order valence-electron chi connectivity index (χ2n) is 4.62. The van der Waals surface area contributed by atoms with Gasteiger partial charge < -0.3 is 11.1 Å². The summed E-state index contributed by atoms with van der Waals surface area (Å²) >= 11 is 5.78. The largest absolute Gasteiger partial charge is 0.397 e. The molecular formula is C11H17ClN2O2S. The molecule has 0 saturated carbocycles. The zero-order chi connectivity index (χ0) is 13.3. The molecule has 0 unspecified atom stereocenters. The lowest BCUT2D eigenvalue weighted by Crippen LogP contribution is -2.38. The summed E-state index contributed by atoms with van der Waals surface area (Å²) in [5.41, 5.74) is 6.95. The molecule has 0 saturated heterocycles. The van der Waals surface area contributed by atoms with Crippen LogP contribution in [0.3, 0.4) is 0 Å².